The van der Waals surface area contributed by atoms with E-state index in [4.69, 9.17) is 19.1 Å². The molecule has 2 N–H and O–H groups in total. The van der Waals surface area contributed by atoms with Gasteiger partial charge in [-0.1, -0.05) is 124 Å². The minimum Gasteiger partial charge on any atom is -0.460 e. The van der Waals surface area contributed by atoms with E-state index >= 15 is 0 Å². The first-order valence-electron chi connectivity index (χ1n) is 21.5. The third-order valence-electron chi connectivity index (χ3n) is 10.7. The Morgan fingerprint density at radius 3 is 2.03 bits per heavy atom. The molecule has 0 bridgehead atoms. The molecule has 0 saturated carbocycles. The number of nitrogens with one attached hydrogen (secondary N) is 2. The lowest BCUT2D eigenvalue weighted by molar-refractivity contribution is -0.192. The summed E-state index contributed by atoms with van der Waals surface area (Å²) in [5, 5.41) is 8.24. The summed E-state index contributed by atoms with van der Waals surface area (Å²) in [6.07, 6.45) is 7.04. The summed E-state index contributed by atoms with van der Waals surface area (Å²) < 4.78 is 11.7. The molecule has 1 aliphatic heterocycles. The Bertz CT molecular complexity index is 1730. The molecule has 0 spiro atoms. The first kappa shape index (κ1) is 47.4. The molecule has 60 heavy (non-hydrogen) atoms. The standard InChI is InChI=1S/C47H64N4O9/c1-4-5-6-7-17-30-42(47(2,3)45(55)48-40-28-19-21-32-51(43(40)53)59-35-39-26-15-10-16-27-39)60-44(54)41(49-46(56)57-33-37-22-11-8-12-23-37)29-18-20-31-50(36-52)58-34-38-24-13-9-14-25-38/h8-16,22-27,36,40-42H,4-7,17-21,28-35H2,1-3H3,(H,48,55)(H,49,56)/t40-,41-,42-/m0/s1. The van der Waals surface area contributed by atoms with Gasteiger partial charge in [-0.15, -0.1) is 0 Å². The van der Waals surface area contributed by atoms with E-state index in [9.17, 15) is 24.0 Å². The van der Waals surface area contributed by atoms with Crippen molar-refractivity contribution in [3.05, 3.63) is 108 Å². The molecule has 4 amide bonds. The van der Waals surface area contributed by atoms with Crippen LogP contribution in [0.5, 0.6) is 0 Å². The van der Waals surface area contributed by atoms with Crippen molar-refractivity contribution in [3.63, 3.8) is 0 Å². The molecule has 3 atom stereocenters. The van der Waals surface area contributed by atoms with Crippen molar-refractivity contribution in [2.45, 2.75) is 136 Å². The van der Waals surface area contributed by atoms with Crippen LogP contribution in [0.4, 0.5) is 4.79 Å². The van der Waals surface area contributed by atoms with Crippen LogP contribution in [0, 0.1) is 5.41 Å². The van der Waals surface area contributed by atoms with Gasteiger partial charge in [0.05, 0.1) is 5.41 Å². The van der Waals surface area contributed by atoms with Crippen LogP contribution in [-0.4, -0.2) is 71.7 Å². The molecule has 0 aliphatic carbocycles. The fourth-order valence-electron chi connectivity index (χ4n) is 6.86. The number of amides is 4. The topological polar surface area (TPSA) is 153 Å². The van der Waals surface area contributed by atoms with Crippen molar-refractivity contribution in [3.8, 4) is 0 Å². The van der Waals surface area contributed by atoms with Crippen LogP contribution in [-0.2, 0) is 58.1 Å². The Morgan fingerprint density at radius 1 is 0.800 bits per heavy atom. The lowest BCUT2D eigenvalue weighted by Crippen LogP contribution is -2.54. The second-order valence-electron chi connectivity index (χ2n) is 15.8. The van der Waals surface area contributed by atoms with Gasteiger partial charge in [-0.05, 0) is 81.9 Å². The van der Waals surface area contributed by atoms with E-state index in [0.29, 0.717) is 45.1 Å². The number of benzene rings is 3. The van der Waals surface area contributed by atoms with Gasteiger partial charge >= 0.3 is 12.1 Å². The van der Waals surface area contributed by atoms with E-state index in [1.54, 1.807) is 13.8 Å². The van der Waals surface area contributed by atoms with Crippen molar-refractivity contribution in [1.29, 1.82) is 0 Å². The quantitative estimate of drug-likeness (QED) is 0.0355. The van der Waals surface area contributed by atoms with E-state index in [1.807, 2.05) is 91.0 Å². The van der Waals surface area contributed by atoms with Gasteiger partial charge in [-0.3, -0.25) is 24.1 Å². The van der Waals surface area contributed by atoms with E-state index in [0.717, 1.165) is 55.2 Å². The lowest BCUT2D eigenvalue weighted by atomic mass is 9.82. The highest BCUT2D eigenvalue weighted by Gasteiger charge is 2.42. The molecule has 13 nitrogen and oxygen atoms in total. The highest BCUT2D eigenvalue weighted by molar-refractivity contribution is 5.90. The van der Waals surface area contributed by atoms with Crippen molar-refractivity contribution < 1.29 is 43.1 Å². The molecular formula is C47H64N4O9. The summed E-state index contributed by atoms with van der Waals surface area (Å²) in [6, 6.07) is 26.3. The number of alkyl carbamates (subject to hydrolysis) is 1. The number of unbranched alkanes of at least 4 members (excludes halogenated alkanes) is 5. The van der Waals surface area contributed by atoms with E-state index in [-0.39, 0.29) is 38.7 Å². The summed E-state index contributed by atoms with van der Waals surface area (Å²) in [4.78, 5) is 78.5. The largest absolute Gasteiger partial charge is 0.460 e. The number of rotatable bonds is 26. The van der Waals surface area contributed by atoms with Gasteiger partial charge in [0.15, 0.2) is 0 Å². The number of ether oxygens (including phenoxy) is 2. The molecular weight excluding hydrogens is 765 g/mol. The van der Waals surface area contributed by atoms with Gasteiger partial charge in [-0.25, -0.2) is 19.7 Å². The second-order valence-corrected chi connectivity index (χ2v) is 15.8. The minimum atomic E-state index is -1.25. The number of hydrogen-bond acceptors (Lipinski definition) is 9. The zero-order chi connectivity index (χ0) is 43.0. The van der Waals surface area contributed by atoms with Crippen LogP contribution in [0.2, 0.25) is 0 Å². The summed E-state index contributed by atoms with van der Waals surface area (Å²) in [6.45, 7) is 6.70. The third-order valence-corrected chi connectivity index (χ3v) is 10.7. The zero-order valence-electron chi connectivity index (χ0n) is 35.6. The van der Waals surface area contributed by atoms with Crippen LogP contribution >= 0.6 is 0 Å². The first-order valence-corrected chi connectivity index (χ1v) is 21.5. The summed E-state index contributed by atoms with van der Waals surface area (Å²) >= 11 is 0. The predicted molar refractivity (Wildman–Crippen MR) is 227 cm³/mol. The Morgan fingerprint density at radius 2 is 1.40 bits per heavy atom. The van der Waals surface area contributed by atoms with Crippen molar-refractivity contribution in [2.24, 2.45) is 5.41 Å². The van der Waals surface area contributed by atoms with Crippen LogP contribution in [0.25, 0.3) is 0 Å². The number of nitrogens with zero attached hydrogens (tertiary/aromatic N) is 2. The van der Waals surface area contributed by atoms with E-state index in [1.165, 1.54) is 10.1 Å². The maximum Gasteiger partial charge on any atom is 0.408 e. The SMILES string of the molecule is CCCCCCC[C@H](OC(=O)[C@H](CCCCN(C=O)OCc1ccccc1)NC(=O)OCc1ccccc1)C(C)(C)C(=O)N[C@H]1CCCCN(OCc2ccccc2)C1=O. The Labute approximate surface area is 355 Å². The number of hydroxylamine groups is 4. The number of carbonyl (C=O) groups is 5. The van der Waals surface area contributed by atoms with Gasteiger partial charge in [0.1, 0.15) is 38.0 Å². The summed E-state index contributed by atoms with van der Waals surface area (Å²) in [7, 11) is 0. The molecule has 13 heteroatoms. The molecule has 3 aromatic rings. The highest BCUT2D eigenvalue weighted by atomic mass is 16.7. The van der Waals surface area contributed by atoms with Crippen LogP contribution in [0.3, 0.4) is 0 Å². The Kier molecular flexibility index (Phi) is 20.6. The molecule has 1 saturated heterocycles. The van der Waals surface area contributed by atoms with Crippen LogP contribution in [0.1, 0.15) is 115 Å². The van der Waals surface area contributed by atoms with E-state index < -0.39 is 41.6 Å². The summed E-state index contributed by atoms with van der Waals surface area (Å²) in [5.41, 5.74) is 1.37. The smallest absolute Gasteiger partial charge is 0.408 e. The fourth-order valence-corrected chi connectivity index (χ4v) is 6.86. The number of carbonyl (C=O) groups excluding carboxylic acids is 5. The third kappa shape index (κ3) is 16.4. The second kappa shape index (κ2) is 26.0. The van der Waals surface area contributed by atoms with Crippen molar-refractivity contribution >= 4 is 30.3 Å². The average molecular weight is 829 g/mol. The average Bonchev–Trinajstić information content (AvgIpc) is 3.44. The molecule has 0 radical (unpaired) electrons. The van der Waals surface area contributed by atoms with Gasteiger partial charge in [0, 0.05) is 13.1 Å². The summed E-state index contributed by atoms with van der Waals surface area (Å²) in [5.74, 6) is -1.45. The first-order chi connectivity index (χ1) is 29.1. The van der Waals surface area contributed by atoms with Gasteiger partial charge in [0.2, 0.25) is 12.3 Å². The van der Waals surface area contributed by atoms with Crippen LogP contribution in [0.15, 0.2) is 91.0 Å². The Hall–Kier alpha value is -5.27. The Balaban J connectivity index is 1.44. The maximum absolute atomic E-state index is 14.2. The van der Waals surface area contributed by atoms with Gasteiger partial charge < -0.3 is 20.1 Å². The molecule has 0 aromatic heterocycles. The monoisotopic (exact) mass is 828 g/mol. The predicted octanol–water partition coefficient (Wildman–Crippen LogP) is 7.97. The maximum atomic E-state index is 14.2. The normalized spacial score (nSPS) is 15.3. The molecule has 0 unspecified atom stereocenters. The van der Waals surface area contributed by atoms with Crippen LogP contribution < -0.4 is 10.6 Å². The zero-order valence-corrected chi connectivity index (χ0v) is 35.6. The molecule has 1 fully saturated rings. The fraction of sp³-hybridized carbons (Fsp3) is 0.511. The molecule has 1 aliphatic rings. The molecule has 3 aromatic carbocycles. The van der Waals surface area contributed by atoms with Gasteiger partial charge in [0.25, 0.3) is 5.91 Å². The van der Waals surface area contributed by atoms with Gasteiger partial charge in [-0.2, -0.15) is 0 Å². The van der Waals surface area contributed by atoms with E-state index in [2.05, 4.69) is 17.6 Å². The number of hydrogen-bond donors (Lipinski definition) is 2. The lowest BCUT2D eigenvalue weighted by Gasteiger charge is -2.35. The minimum absolute atomic E-state index is 0.00366. The van der Waals surface area contributed by atoms with Crippen molar-refractivity contribution in [1.82, 2.24) is 20.8 Å². The molecule has 326 valence electrons. The molecule has 1 heterocycles. The molecule has 4 rings (SSSR count). The van der Waals surface area contributed by atoms with Crippen molar-refractivity contribution in [2.75, 3.05) is 13.1 Å². The number of esters is 1. The highest BCUT2D eigenvalue weighted by Crippen LogP contribution is 2.30.